The fourth-order valence-corrected chi connectivity index (χ4v) is 4.31. The molecule has 144 valence electrons. The zero-order chi connectivity index (χ0) is 19.2. The molecule has 2 N–H and O–H groups in total. The van der Waals surface area contributed by atoms with Crippen LogP contribution < -0.4 is 15.5 Å². The Balaban J connectivity index is 1.42. The third kappa shape index (κ3) is 3.09. The summed E-state index contributed by atoms with van der Waals surface area (Å²) in [6.45, 7) is 3.70. The molecule has 8 nitrogen and oxygen atoms in total. The van der Waals surface area contributed by atoms with Crippen LogP contribution in [-0.2, 0) is 14.9 Å². The number of anilines is 1. The van der Waals surface area contributed by atoms with Gasteiger partial charge in [0.15, 0.2) is 0 Å². The van der Waals surface area contributed by atoms with Crippen molar-refractivity contribution in [3.63, 3.8) is 0 Å². The highest BCUT2D eigenvalue weighted by Gasteiger charge is 2.61. The van der Waals surface area contributed by atoms with Gasteiger partial charge in [-0.15, -0.1) is 0 Å². The zero-order valence-corrected chi connectivity index (χ0v) is 15.5. The molecule has 2 unspecified atom stereocenters. The van der Waals surface area contributed by atoms with Crippen molar-refractivity contribution in [3.8, 4) is 0 Å². The van der Waals surface area contributed by atoms with Crippen molar-refractivity contribution in [1.29, 1.82) is 0 Å². The summed E-state index contributed by atoms with van der Waals surface area (Å²) in [5.41, 5.74) is 2.05. The van der Waals surface area contributed by atoms with E-state index in [-0.39, 0.29) is 23.5 Å². The Morgan fingerprint density at radius 1 is 1.26 bits per heavy atom. The first-order chi connectivity index (χ1) is 12.9. The molecule has 0 spiro atoms. The van der Waals surface area contributed by atoms with Crippen molar-refractivity contribution in [2.45, 2.75) is 24.9 Å². The second-order valence-corrected chi connectivity index (χ2v) is 7.59. The zero-order valence-electron chi connectivity index (χ0n) is 15.5. The van der Waals surface area contributed by atoms with Crippen LogP contribution in [0.2, 0.25) is 0 Å². The molecular weight excluding hydrogens is 348 g/mol. The Labute approximate surface area is 157 Å². The van der Waals surface area contributed by atoms with E-state index in [2.05, 4.69) is 22.8 Å². The van der Waals surface area contributed by atoms with E-state index in [0.29, 0.717) is 19.0 Å². The minimum Gasteiger partial charge on any atom is -0.442 e. The number of fused-ring (bicyclic) bond motifs is 1. The second kappa shape index (κ2) is 6.44. The van der Waals surface area contributed by atoms with E-state index in [9.17, 15) is 14.4 Å². The van der Waals surface area contributed by atoms with E-state index in [0.717, 1.165) is 25.2 Å². The average Bonchev–Trinajstić information content (AvgIpc) is 3.03. The summed E-state index contributed by atoms with van der Waals surface area (Å²) < 4.78 is 5.31. The largest absolute Gasteiger partial charge is 0.442 e. The van der Waals surface area contributed by atoms with Gasteiger partial charge in [-0.25, -0.2) is 9.59 Å². The number of carbonyl (C=O) groups is 3. The first kappa shape index (κ1) is 17.6. The molecule has 3 atom stereocenters. The number of urea groups is 1. The van der Waals surface area contributed by atoms with Gasteiger partial charge in [-0.1, -0.05) is 12.1 Å². The quantitative estimate of drug-likeness (QED) is 0.827. The molecule has 1 aromatic carbocycles. The molecule has 1 aromatic rings. The molecule has 2 heterocycles. The summed E-state index contributed by atoms with van der Waals surface area (Å²) in [5, 5.41) is 5.37. The van der Waals surface area contributed by atoms with Gasteiger partial charge in [-0.2, -0.15) is 0 Å². The number of benzene rings is 1. The summed E-state index contributed by atoms with van der Waals surface area (Å²) in [7, 11) is 1.65. The number of likely N-dealkylation sites (tertiary alicyclic amines) is 1. The number of hydrogen-bond acceptors (Lipinski definition) is 4. The van der Waals surface area contributed by atoms with Crippen molar-refractivity contribution in [2.24, 2.45) is 5.92 Å². The van der Waals surface area contributed by atoms with Crippen LogP contribution >= 0.6 is 0 Å². The topological polar surface area (TPSA) is 91.0 Å². The molecule has 0 aromatic heterocycles. The van der Waals surface area contributed by atoms with Crippen molar-refractivity contribution < 1.29 is 19.1 Å². The normalized spacial score (nSPS) is 28.6. The van der Waals surface area contributed by atoms with Crippen LogP contribution in [0.1, 0.15) is 18.9 Å². The fraction of sp³-hybridized carbons (Fsp3) is 0.526. The summed E-state index contributed by atoms with van der Waals surface area (Å²) in [4.78, 5) is 38.5. The first-order valence-corrected chi connectivity index (χ1v) is 9.23. The number of nitrogens with zero attached hydrogens (tertiary/aromatic N) is 2. The van der Waals surface area contributed by atoms with Crippen molar-refractivity contribution >= 4 is 23.7 Å². The van der Waals surface area contributed by atoms with Crippen molar-refractivity contribution in [2.75, 3.05) is 38.1 Å². The third-order valence-corrected chi connectivity index (χ3v) is 5.85. The lowest BCUT2D eigenvalue weighted by Gasteiger charge is -2.21. The van der Waals surface area contributed by atoms with Gasteiger partial charge in [0.25, 0.3) is 0 Å². The number of hydrogen-bond donors (Lipinski definition) is 2. The first-order valence-electron chi connectivity index (χ1n) is 9.23. The number of amides is 4. The molecule has 3 aliphatic rings. The van der Waals surface area contributed by atoms with Crippen molar-refractivity contribution in [1.82, 2.24) is 15.5 Å². The van der Waals surface area contributed by atoms with Crippen LogP contribution in [0.3, 0.4) is 0 Å². The molecular formula is C19H24N4O4. The highest BCUT2D eigenvalue weighted by atomic mass is 16.6. The SMILES string of the molecule is CNC(=O)N1CC2CC2(c2ccc(N3C[C@H](CNC(C)=O)OC3=O)cc2)C1. The van der Waals surface area contributed by atoms with E-state index >= 15 is 0 Å². The molecule has 27 heavy (non-hydrogen) atoms. The Morgan fingerprint density at radius 2 is 2.00 bits per heavy atom. The number of nitrogens with one attached hydrogen (secondary N) is 2. The summed E-state index contributed by atoms with van der Waals surface area (Å²) >= 11 is 0. The predicted octanol–water partition coefficient (Wildman–Crippen LogP) is 1.06. The molecule has 1 aliphatic carbocycles. The second-order valence-electron chi connectivity index (χ2n) is 7.59. The highest BCUT2D eigenvalue weighted by Crippen LogP contribution is 2.59. The van der Waals surface area contributed by atoms with Gasteiger partial charge in [0.1, 0.15) is 6.10 Å². The lowest BCUT2D eigenvalue weighted by Crippen LogP contribution is -2.38. The Kier molecular flexibility index (Phi) is 4.20. The number of ether oxygens (including phenoxy) is 1. The molecule has 0 radical (unpaired) electrons. The summed E-state index contributed by atoms with van der Waals surface area (Å²) in [5.74, 6) is 0.369. The minimum absolute atomic E-state index is 0.0248. The highest BCUT2D eigenvalue weighted by molar-refractivity contribution is 5.89. The Morgan fingerprint density at radius 3 is 2.67 bits per heavy atom. The molecule has 2 aliphatic heterocycles. The number of cyclic esters (lactones) is 1. The number of piperidine rings is 1. The molecule has 0 bridgehead atoms. The molecule has 4 amide bonds. The van der Waals surface area contributed by atoms with E-state index in [1.807, 2.05) is 17.0 Å². The van der Waals surface area contributed by atoms with Crippen LogP contribution in [-0.4, -0.2) is 62.3 Å². The number of carbonyl (C=O) groups excluding carboxylic acids is 3. The fourth-order valence-electron chi connectivity index (χ4n) is 4.31. The summed E-state index contributed by atoms with van der Waals surface area (Å²) in [6, 6.07) is 7.95. The minimum atomic E-state index is -0.396. The smallest absolute Gasteiger partial charge is 0.414 e. The molecule has 8 heteroatoms. The molecule has 1 saturated carbocycles. The van der Waals surface area contributed by atoms with Crippen molar-refractivity contribution in [3.05, 3.63) is 29.8 Å². The van der Waals surface area contributed by atoms with Crippen LogP contribution in [0.5, 0.6) is 0 Å². The Bertz CT molecular complexity index is 780. The molecule has 4 rings (SSSR count). The van der Waals surface area contributed by atoms with Crippen LogP contribution in [0, 0.1) is 5.92 Å². The predicted molar refractivity (Wildman–Crippen MR) is 98.6 cm³/mol. The number of rotatable bonds is 4. The van der Waals surface area contributed by atoms with Crippen LogP contribution in [0.15, 0.2) is 24.3 Å². The van der Waals surface area contributed by atoms with E-state index < -0.39 is 6.09 Å². The average molecular weight is 372 g/mol. The van der Waals surface area contributed by atoms with E-state index in [1.54, 1.807) is 11.9 Å². The maximum atomic E-state index is 12.1. The van der Waals surface area contributed by atoms with Gasteiger partial charge in [-0.05, 0) is 30.0 Å². The van der Waals surface area contributed by atoms with Crippen LogP contribution in [0.4, 0.5) is 15.3 Å². The molecule has 3 fully saturated rings. The van der Waals surface area contributed by atoms with Gasteiger partial charge in [0.05, 0.1) is 13.1 Å². The summed E-state index contributed by atoms with van der Waals surface area (Å²) in [6.07, 6.45) is 0.361. The van der Waals surface area contributed by atoms with Gasteiger partial charge in [0.2, 0.25) is 5.91 Å². The maximum absolute atomic E-state index is 12.1. The van der Waals surface area contributed by atoms with E-state index in [1.165, 1.54) is 12.5 Å². The standard InChI is InChI=1S/C19H24N4O4/c1-12(24)21-8-16-10-23(18(26)27-16)15-5-3-13(4-6-15)19-7-14(19)9-22(11-19)17(25)20-2/h3-6,14,16H,7-11H2,1-2H3,(H,20,25)(H,21,24)/t14?,16-,19?/m0/s1. The van der Waals surface area contributed by atoms with E-state index in [4.69, 9.17) is 4.74 Å². The lowest BCUT2D eigenvalue weighted by atomic mass is 9.95. The Hall–Kier alpha value is -2.77. The maximum Gasteiger partial charge on any atom is 0.414 e. The van der Waals surface area contributed by atoms with Gasteiger partial charge in [-0.3, -0.25) is 9.69 Å². The van der Waals surface area contributed by atoms with Crippen LogP contribution in [0.25, 0.3) is 0 Å². The van der Waals surface area contributed by atoms with Gasteiger partial charge in [0, 0.05) is 38.2 Å². The van der Waals surface area contributed by atoms with Gasteiger partial charge < -0.3 is 20.3 Å². The third-order valence-electron chi connectivity index (χ3n) is 5.85. The van der Waals surface area contributed by atoms with Gasteiger partial charge >= 0.3 is 12.1 Å². The lowest BCUT2D eigenvalue weighted by molar-refractivity contribution is -0.119. The molecule has 2 saturated heterocycles. The monoisotopic (exact) mass is 372 g/mol.